The second-order valence-electron chi connectivity index (χ2n) is 16.7. The number of ether oxygens (including phenoxy) is 3. The van der Waals surface area contributed by atoms with Crippen LogP contribution >= 0.6 is 0 Å². The minimum absolute atomic E-state index is 0.157. The molecule has 0 radical (unpaired) electrons. The molecule has 4 rings (SSSR count). The van der Waals surface area contributed by atoms with Gasteiger partial charge in [0, 0.05) is 87.0 Å². The van der Waals surface area contributed by atoms with Crippen molar-refractivity contribution < 1.29 is 52.6 Å². The number of hydrogen-bond donors (Lipinski definition) is 6. The van der Waals surface area contributed by atoms with Gasteiger partial charge in [0.2, 0.25) is 17.7 Å². The number of morpholine rings is 1. The van der Waals surface area contributed by atoms with Gasteiger partial charge in [-0.1, -0.05) is 82.3 Å². The van der Waals surface area contributed by atoms with E-state index in [1.54, 1.807) is 66.8 Å². The molecule has 0 aromatic heterocycles. The van der Waals surface area contributed by atoms with E-state index in [9.17, 15) is 38.4 Å². The largest absolute Gasteiger partial charge is 0.427 e. The van der Waals surface area contributed by atoms with Crippen molar-refractivity contribution in [1.82, 2.24) is 46.6 Å². The number of rotatable bonds is 24. The van der Waals surface area contributed by atoms with E-state index in [0.717, 1.165) is 64.5 Å². The van der Waals surface area contributed by atoms with Crippen molar-refractivity contribution in [2.75, 3.05) is 91.8 Å². The lowest BCUT2D eigenvalue weighted by Gasteiger charge is -2.26. The van der Waals surface area contributed by atoms with Crippen LogP contribution in [-0.2, 0) is 43.1 Å². The molecule has 1 heterocycles. The van der Waals surface area contributed by atoms with Crippen LogP contribution < -0.4 is 41.4 Å². The minimum atomic E-state index is -0.406. The van der Waals surface area contributed by atoms with Crippen LogP contribution in [0.4, 0.5) is 0 Å². The van der Waals surface area contributed by atoms with Gasteiger partial charge >= 0.3 is 11.9 Å². The van der Waals surface area contributed by atoms with Crippen molar-refractivity contribution in [2.45, 2.75) is 62.3 Å². The quantitative estimate of drug-likeness (QED) is 0.0426. The maximum Gasteiger partial charge on any atom is 0.308 e. The molecule has 20 nitrogen and oxygen atoms in total. The summed E-state index contributed by atoms with van der Waals surface area (Å²) in [6, 6.07) is 22.7. The number of carbonyl (C=O) groups is 8. The Labute approximate surface area is 441 Å². The molecule has 0 bridgehead atoms. The highest BCUT2D eigenvalue weighted by Crippen LogP contribution is 2.16. The van der Waals surface area contributed by atoms with Crippen molar-refractivity contribution in [3.8, 4) is 11.5 Å². The number of carbonyl (C=O) groups excluding carboxylic acids is 8. The summed E-state index contributed by atoms with van der Waals surface area (Å²) >= 11 is 0. The maximum absolute atomic E-state index is 12.4. The number of nitrogens with zero attached hydrogens (tertiary/aromatic N) is 3. The first-order valence-electron chi connectivity index (χ1n) is 25.0. The highest BCUT2D eigenvalue weighted by molar-refractivity contribution is 6.02. The normalized spacial score (nSPS) is 12.7. The molecule has 20 heteroatoms. The van der Waals surface area contributed by atoms with Gasteiger partial charge < -0.3 is 55.9 Å². The molecule has 6 amide bonds. The number of hydrogen-bond acceptors (Lipinski definition) is 14. The first-order chi connectivity index (χ1) is 35.8. The molecular formula is C55H77N9O11. The van der Waals surface area contributed by atoms with Gasteiger partial charge in [0.15, 0.2) is 0 Å². The van der Waals surface area contributed by atoms with Crippen molar-refractivity contribution in [2.24, 2.45) is 0 Å². The predicted octanol–water partition coefficient (Wildman–Crippen LogP) is 3.71. The Hall–Kier alpha value is -7.52. The van der Waals surface area contributed by atoms with E-state index in [0.29, 0.717) is 55.5 Å². The molecular weight excluding hydrogens is 963 g/mol. The van der Waals surface area contributed by atoms with Crippen LogP contribution in [0.5, 0.6) is 11.5 Å². The van der Waals surface area contributed by atoms with Gasteiger partial charge in [-0.05, 0) is 85.4 Å². The number of likely N-dealkylation sites (N-methyl/N-ethyl adjacent to an activating group) is 2. The summed E-state index contributed by atoms with van der Waals surface area (Å²) in [6.07, 6.45) is 4.82. The lowest BCUT2D eigenvalue weighted by Crippen LogP contribution is -2.42. The van der Waals surface area contributed by atoms with Gasteiger partial charge in [-0.2, -0.15) is 0 Å². The van der Waals surface area contributed by atoms with Gasteiger partial charge in [0.25, 0.3) is 17.7 Å². The van der Waals surface area contributed by atoms with Crippen molar-refractivity contribution in [3.05, 3.63) is 113 Å². The molecule has 1 fully saturated rings. The van der Waals surface area contributed by atoms with Crippen molar-refractivity contribution >= 4 is 65.6 Å². The topological polar surface area (TPSA) is 246 Å². The summed E-state index contributed by atoms with van der Waals surface area (Å²) in [7, 11) is 0. The summed E-state index contributed by atoms with van der Waals surface area (Å²) in [5.41, 5.74) is 2.84. The average molecular weight is 1040 g/mol. The van der Waals surface area contributed by atoms with E-state index in [4.69, 9.17) is 14.2 Å². The van der Waals surface area contributed by atoms with Crippen LogP contribution in [-0.4, -0.2) is 154 Å². The zero-order valence-electron chi connectivity index (χ0n) is 45.0. The molecule has 3 aromatic carbocycles. The fourth-order valence-corrected chi connectivity index (χ4v) is 6.86. The number of benzene rings is 3. The first kappa shape index (κ1) is 63.6. The lowest BCUT2D eigenvalue weighted by molar-refractivity contribution is -0.132. The van der Waals surface area contributed by atoms with Gasteiger partial charge in [0.05, 0.1) is 13.2 Å². The Balaban J connectivity index is 0.000000387. The molecule has 1 saturated heterocycles. The van der Waals surface area contributed by atoms with Crippen molar-refractivity contribution in [1.29, 1.82) is 0 Å². The molecule has 0 saturated carbocycles. The molecule has 0 spiro atoms. The van der Waals surface area contributed by atoms with E-state index in [2.05, 4.69) is 74.3 Å². The van der Waals surface area contributed by atoms with Gasteiger partial charge in [-0.15, -0.1) is 0 Å². The van der Waals surface area contributed by atoms with Crippen LogP contribution in [0.3, 0.4) is 0 Å². The van der Waals surface area contributed by atoms with E-state index >= 15 is 0 Å². The molecule has 408 valence electrons. The summed E-state index contributed by atoms with van der Waals surface area (Å²) in [6.45, 7) is 25.6. The van der Waals surface area contributed by atoms with Crippen LogP contribution in [0.15, 0.2) is 96.0 Å². The fraction of sp³-hybridized carbons (Fsp3) is 0.418. The standard InChI is InChI=1S/C19H25N3O5.C19H27N3O4.C17H25N3O2/c1-14(23)21-18(13-16-3-5-17(6-4-16)27-15(2)24)19(25)20-7-8-22-9-11-26-12-10-22;1-5-22(6-2)12-11-20-19(25)18(21-14(3)23)13-16-7-9-17(10-8-16)26-15(4)24;1-4-20(5-2)12-11-18-17(22)16(19-14(3)21)13-15-9-7-6-8-10-15/h3-6,13H,7-12H2,1-2H3,(H,20,25)(H,21,23);7-10,13H,5-6,11-12H2,1-4H3,(H,20,25)(H,21,23);6-10,13H,4-5,11-12H2,1-3H3,(H,18,22)(H,19,21)/b2*18-13-;16-13-. The van der Waals surface area contributed by atoms with Crippen LogP contribution in [0.2, 0.25) is 0 Å². The fourth-order valence-electron chi connectivity index (χ4n) is 6.86. The summed E-state index contributed by atoms with van der Waals surface area (Å²) in [4.78, 5) is 99.7. The Kier molecular flexibility index (Phi) is 30.9. The first-order valence-corrected chi connectivity index (χ1v) is 25.0. The average Bonchev–Trinajstić information content (AvgIpc) is 3.37. The highest BCUT2D eigenvalue weighted by Gasteiger charge is 2.16. The summed E-state index contributed by atoms with van der Waals surface area (Å²) in [5.74, 6) is -1.88. The SMILES string of the molecule is CC(=O)N/C(=C\c1ccc(OC(C)=O)cc1)C(=O)NCCN1CCOCC1.CCN(CC)CCNC(=O)/C(=C/c1ccc(OC(C)=O)cc1)NC(C)=O.CCN(CC)CCNC(=O)/C(=C/c1ccccc1)NC(C)=O. The van der Waals surface area contributed by atoms with Gasteiger partial charge in [-0.25, -0.2) is 0 Å². The number of nitrogens with one attached hydrogen (secondary N) is 6. The predicted molar refractivity (Wildman–Crippen MR) is 289 cm³/mol. The number of amides is 6. The number of esters is 2. The molecule has 6 N–H and O–H groups in total. The Morgan fingerprint density at radius 2 is 0.827 bits per heavy atom. The maximum atomic E-state index is 12.4. The smallest absolute Gasteiger partial charge is 0.308 e. The Morgan fingerprint density at radius 1 is 0.493 bits per heavy atom. The Morgan fingerprint density at radius 3 is 1.15 bits per heavy atom. The molecule has 1 aliphatic rings. The zero-order chi connectivity index (χ0) is 55.5. The third-order valence-electron chi connectivity index (χ3n) is 10.7. The van der Waals surface area contributed by atoms with Crippen molar-refractivity contribution in [3.63, 3.8) is 0 Å². The summed E-state index contributed by atoms with van der Waals surface area (Å²) in [5, 5.41) is 16.2. The molecule has 3 aromatic rings. The summed E-state index contributed by atoms with van der Waals surface area (Å²) < 4.78 is 15.2. The molecule has 0 atom stereocenters. The Bertz CT molecular complexity index is 2380. The van der Waals surface area contributed by atoms with E-state index in [1.807, 2.05) is 30.3 Å². The third-order valence-corrected chi connectivity index (χ3v) is 10.7. The lowest BCUT2D eigenvalue weighted by atomic mass is 10.1. The second kappa shape index (κ2) is 36.4. The molecule has 0 unspecified atom stereocenters. The molecule has 1 aliphatic heterocycles. The van der Waals surface area contributed by atoms with Crippen LogP contribution in [0.1, 0.15) is 79.0 Å². The monoisotopic (exact) mass is 1040 g/mol. The third kappa shape index (κ3) is 28.5. The van der Waals surface area contributed by atoms with Crippen LogP contribution in [0.25, 0.3) is 18.2 Å². The van der Waals surface area contributed by atoms with Gasteiger partial charge in [0.1, 0.15) is 28.6 Å². The van der Waals surface area contributed by atoms with E-state index in [-0.39, 0.29) is 52.5 Å². The van der Waals surface area contributed by atoms with Gasteiger partial charge in [-0.3, -0.25) is 43.3 Å². The van der Waals surface area contributed by atoms with Crippen LogP contribution in [0, 0.1) is 0 Å². The minimum Gasteiger partial charge on any atom is -0.427 e. The van der Waals surface area contributed by atoms with E-state index < -0.39 is 11.9 Å². The zero-order valence-corrected chi connectivity index (χ0v) is 45.0. The van der Waals surface area contributed by atoms with E-state index in [1.165, 1.54) is 34.6 Å². The molecule has 75 heavy (non-hydrogen) atoms. The second-order valence-corrected chi connectivity index (χ2v) is 16.7. The molecule has 0 aliphatic carbocycles. The highest BCUT2D eigenvalue weighted by atomic mass is 16.5.